The van der Waals surface area contributed by atoms with Gasteiger partial charge in [-0.05, 0) is 49.5 Å². The lowest BCUT2D eigenvalue weighted by Crippen LogP contribution is -2.26. The van der Waals surface area contributed by atoms with Gasteiger partial charge in [0, 0.05) is 17.8 Å². The van der Waals surface area contributed by atoms with Crippen LogP contribution in [0.5, 0.6) is 5.75 Å². The van der Waals surface area contributed by atoms with Crippen LogP contribution in [0.2, 0.25) is 0 Å². The third-order valence-corrected chi connectivity index (χ3v) is 4.85. The van der Waals surface area contributed by atoms with Crippen molar-refractivity contribution in [2.24, 2.45) is 0 Å². The number of benzene rings is 2. The molecule has 0 unspecified atom stereocenters. The number of rotatable bonds is 7. The number of hydrogen-bond acceptors (Lipinski definition) is 5. The summed E-state index contributed by atoms with van der Waals surface area (Å²) < 4.78 is 22.0. The number of aromatic amines is 1. The molecule has 0 spiro atoms. The molecule has 0 fully saturated rings. The van der Waals surface area contributed by atoms with E-state index in [0.717, 1.165) is 11.1 Å². The Labute approximate surface area is 178 Å². The Morgan fingerprint density at radius 3 is 2.55 bits per heavy atom. The maximum absolute atomic E-state index is 14.0. The van der Waals surface area contributed by atoms with Crippen molar-refractivity contribution in [1.29, 1.82) is 0 Å². The molecule has 2 aromatic carbocycles. The smallest absolute Gasteiger partial charge is 0.351 e. The van der Waals surface area contributed by atoms with E-state index in [4.69, 9.17) is 4.74 Å². The highest BCUT2D eigenvalue weighted by atomic mass is 19.1. The molecule has 0 atom stereocenters. The molecule has 0 amide bonds. The minimum atomic E-state index is -0.418. The van der Waals surface area contributed by atoms with Gasteiger partial charge >= 0.3 is 5.69 Å². The lowest BCUT2D eigenvalue weighted by atomic mass is 10.1. The lowest BCUT2D eigenvalue weighted by molar-refractivity contribution is 0.380. The molecule has 31 heavy (non-hydrogen) atoms. The average molecular weight is 422 g/mol. The molecule has 2 aromatic heterocycles. The minimum Gasteiger partial charge on any atom is -0.497 e. The van der Waals surface area contributed by atoms with Gasteiger partial charge in [-0.15, -0.1) is 5.10 Å². The maximum Gasteiger partial charge on any atom is 0.351 e. The van der Waals surface area contributed by atoms with Crippen LogP contribution >= 0.6 is 0 Å². The van der Waals surface area contributed by atoms with Crippen LogP contribution in [0.3, 0.4) is 0 Å². The third-order valence-electron chi connectivity index (χ3n) is 4.85. The van der Waals surface area contributed by atoms with Crippen molar-refractivity contribution in [3.05, 3.63) is 82.5 Å². The van der Waals surface area contributed by atoms with Gasteiger partial charge in [0.25, 0.3) is 0 Å². The van der Waals surface area contributed by atoms with Crippen molar-refractivity contribution in [3.63, 3.8) is 0 Å². The monoisotopic (exact) mass is 422 g/mol. The summed E-state index contributed by atoms with van der Waals surface area (Å²) in [6.45, 7) is 0.644. The van der Waals surface area contributed by atoms with Crippen LogP contribution in [0.25, 0.3) is 16.8 Å². The van der Waals surface area contributed by atoms with E-state index in [9.17, 15) is 9.18 Å². The average Bonchev–Trinajstić information content (AvgIpc) is 3.38. The van der Waals surface area contributed by atoms with Crippen molar-refractivity contribution < 1.29 is 9.13 Å². The molecular formula is C22H23FN6O2. The van der Waals surface area contributed by atoms with Crippen molar-refractivity contribution in [3.8, 4) is 22.6 Å². The predicted molar refractivity (Wildman–Crippen MR) is 115 cm³/mol. The van der Waals surface area contributed by atoms with E-state index in [0.29, 0.717) is 29.4 Å². The Morgan fingerprint density at radius 2 is 1.90 bits per heavy atom. The molecular weight excluding hydrogens is 399 g/mol. The number of nitrogens with one attached hydrogen (secondary N) is 1. The molecule has 0 saturated carbocycles. The van der Waals surface area contributed by atoms with Crippen molar-refractivity contribution in [2.75, 3.05) is 21.2 Å². The zero-order valence-corrected chi connectivity index (χ0v) is 17.5. The first-order chi connectivity index (χ1) is 14.9. The van der Waals surface area contributed by atoms with E-state index in [1.54, 1.807) is 23.0 Å². The van der Waals surface area contributed by atoms with E-state index in [1.165, 1.54) is 23.9 Å². The number of methoxy groups -OCH3 is 1. The summed E-state index contributed by atoms with van der Waals surface area (Å²) in [7, 11) is 5.28. The first-order valence-corrected chi connectivity index (χ1v) is 9.71. The summed E-state index contributed by atoms with van der Waals surface area (Å²) in [4.78, 5) is 15.2. The first kappa shape index (κ1) is 20.5. The molecule has 8 nitrogen and oxygen atoms in total. The van der Waals surface area contributed by atoms with Crippen LogP contribution in [-0.2, 0) is 13.1 Å². The predicted octanol–water partition coefficient (Wildman–Crippen LogP) is 2.68. The number of nitrogens with zero attached hydrogens (tertiary/aromatic N) is 5. The summed E-state index contributed by atoms with van der Waals surface area (Å²) in [6, 6.07) is 11.9. The topological polar surface area (TPSA) is 81.0 Å². The number of halogens is 1. The molecule has 0 radical (unpaired) electrons. The van der Waals surface area contributed by atoms with Crippen molar-refractivity contribution >= 4 is 0 Å². The van der Waals surface area contributed by atoms with Gasteiger partial charge in [-0.1, -0.05) is 12.1 Å². The zero-order chi connectivity index (χ0) is 22.0. The summed E-state index contributed by atoms with van der Waals surface area (Å²) in [5.41, 5.74) is 2.90. The molecule has 0 bridgehead atoms. The molecule has 1 N–H and O–H groups in total. The Morgan fingerprint density at radius 1 is 1.13 bits per heavy atom. The SMILES string of the molecule is COc1cc(F)cc(Cn2c(CN(C)C)nn(-c3ccc(-c4cn[nH]c4)cc3)c2=O)c1. The van der Waals surface area contributed by atoms with Gasteiger partial charge in [0.1, 0.15) is 17.4 Å². The zero-order valence-electron chi connectivity index (χ0n) is 17.5. The molecule has 0 saturated heterocycles. The number of hydrogen-bond donors (Lipinski definition) is 1. The van der Waals surface area contributed by atoms with Gasteiger partial charge in [0.2, 0.25) is 0 Å². The van der Waals surface area contributed by atoms with Gasteiger partial charge in [0.05, 0.1) is 32.1 Å². The molecule has 2 heterocycles. The van der Waals surface area contributed by atoms with E-state index < -0.39 is 5.82 Å². The van der Waals surface area contributed by atoms with Crippen LogP contribution in [0.4, 0.5) is 4.39 Å². The molecule has 4 aromatic rings. The van der Waals surface area contributed by atoms with Gasteiger partial charge in [0.15, 0.2) is 0 Å². The standard InChI is InChI=1S/C22H23FN6O2/c1-27(2)14-21-26-29(19-6-4-16(5-7-19)17-11-24-25-12-17)22(30)28(21)13-15-8-18(23)10-20(9-15)31-3/h4-12H,13-14H2,1-3H3,(H,24,25). The summed E-state index contributed by atoms with van der Waals surface area (Å²) in [6.07, 6.45) is 3.54. The number of aromatic nitrogens is 5. The molecule has 0 aliphatic rings. The fourth-order valence-corrected chi connectivity index (χ4v) is 3.38. The Kier molecular flexibility index (Phi) is 5.68. The van der Waals surface area contributed by atoms with Crippen molar-refractivity contribution in [1.82, 2.24) is 29.4 Å². The minimum absolute atomic E-state index is 0.184. The van der Waals surface area contributed by atoms with Crippen LogP contribution < -0.4 is 10.4 Å². The number of H-pyrrole nitrogens is 1. The lowest BCUT2D eigenvalue weighted by Gasteiger charge is -2.11. The number of ether oxygens (including phenoxy) is 1. The van der Waals surface area contributed by atoms with Crippen LogP contribution in [-0.4, -0.2) is 50.6 Å². The van der Waals surface area contributed by atoms with Crippen LogP contribution in [0.1, 0.15) is 11.4 Å². The first-order valence-electron chi connectivity index (χ1n) is 9.71. The van der Waals surface area contributed by atoms with Crippen LogP contribution in [0, 0.1) is 5.82 Å². The quantitative estimate of drug-likeness (QED) is 0.495. The summed E-state index contributed by atoms with van der Waals surface area (Å²) in [5, 5.41) is 11.3. The molecule has 0 aliphatic carbocycles. The highest BCUT2D eigenvalue weighted by Crippen LogP contribution is 2.20. The molecule has 4 rings (SSSR count). The Bertz CT molecular complexity index is 1230. The normalized spacial score (nSPS) is 11.3. The molecule has 160 valence electrons. The summed E-state index contributed by atoms with van der Waals surface area (Å²) >= 11 is 0. The fraction of sp³-hybridized carbons (Fsp3) is 0.227. The second kappa shape index (κ2) is 8.57. The van der Waals surface area contributed by atoms with E-state index in [-0.39, 0.29) is 12.2 Å². The molecule has 0 aliphatic heterocycles. The largest absolute Gasteiger partial charge is 0.497 e. The Hall–Kier alpha value is -3.72. The van der Waals surface area contributed by atoms with Gasteiger partial charge < -0.3 is 9.64 Å². The second-order valence-corrected chi connectivity index (χ2v) is 7.47. The van der Waals surface area contributed by atoms with Gasteiger partial charge in [-0.2, -0.15) is 9.78 Å². The van der Waals surface area contributed by atoms with Crippen molar-refractivity contribution in [2.45, 2.75) is 13.1 Å². The third kappa shape index (κ3) is 4.41. The van der Waals surface area contributed by atoms with Gasteiger partial charge in [-0.3, -0.25) is 9.67 Å². The highest BCUT2D eigenvalue weighted by Gasteiger charge is 2.16. The summed E-state index contributed by atoms with van der Waals surface area (Å²) in [5.74, 6) is 0.565. The second-order valence-electron chi connectivity index (χ2n) is 7.47. The van der Waals surface area contributed by atoms with E-state index in [1.807, 2.05) is 43.3 Å². The van der Waals surface area contributed by atoms with Crippen LogP contribution in [0.15, 0.2) is 59.7 Å². The highest BCUT2D eigenvalue weighted by molar-refractivity contribution is 5.62. The fourth-order valence-electron chi connectivity index (χ4n) is 3.38. The van der Waals surface area contributed by atoms with Gasteiger partial charge in [-0.25, -0.2) is 9.18 Å². The van der Waals surface area contributed by atoms with E-state index in [2.05, 4.69) is 15.3 Å². The van der Waals surface area contributed by atoms with E-state index >= 15 is 0 Å². The maximum atomic E-state index is 14.0. The Balaban J connectivity index is 1.72. The molecule has 9 heteroatoms.